The molecule has 2 aromatic rings. The van der Waals surface area contributed by atoms with Crippen LogP contribution in [0.5, 0.6) is 0 Å². The highest BCUT2D eigenvalue weighted by Gasteiger charge is 2.57. The van der Waals surface area contributed by atoms with Crippen LogP contribution in [0.1, 0.15) is 11.3 Å². The van der Waals surface area contributed by atoms with Crippen LogP contribution in [0.2, 0.25) is 0 Å². The van der Waals surface area contributed by atoms with Gasteiger partial charge in [-0.15, -0.1) is 0 Å². The molecule has 0 aromatic carbocycles. The summed E-state index contributed by atoms with van der Waals surface area (Å²) < 4.78 is 6.84. The highest BCUT2D eigenvalue weighted by Crippen LogP contribution is 2.41. The zero-order chi connectivity index (χ0) is 16.1. The molecule has 2 aromatic heterocycles. The van der Waals surface area contributed by atoms with Crippen LogP contribution in [0.25, 0.3) is 5.52 Å². The fourth-order valence-electron chi connectivity index (χ4n) is 2.85. The first-order chi connectivity index (χ1) is 10.5. The zero-order valence-electron chi connectivity index (χ0n) is 11.7. The third kappa shape index (κ3) is 1.72. The lowest BCUT2D eigenvalue weighted by atomic mass is 9.92. The van der Waals surface area contributed by atoms with E-state index in [0.717, 1.165) is 0 Å². The number of hydrogen-bond acceptors (Lipinski definition) is 8. The standard InChI is InChI=1S/C13H15N5O4/c1-6-2-8(18-9(6)12(15)16-5-17-18)13(4-14)11(21)10(20)7(3-19)22-13/h2,5,7,10-11,19-21H,3H2,1H3,(H2,15,16,17)/t7-,10-,11-,13+/m1/s1. The van der Waals surface area contributed by atoms with Crippen LogP contribution in [0.15, 0.2) is 12.4 Å². The summed E-state index contributed by atoms with van der Waals surface area (Å²) in [4.78, 5) is 3.89. The quantitative estimate of drug-likeness (QED) is 0.521. The van der Waals surface area contributed by atoms with E-state index >= 15 is 0 Å². The van der Waals surface area contributed by atoms with Gasteiger partial charge in [0.1, 0.15) is 36.2 Å². The van der Waals surface area contributed by atoms with Gasteiger partial charge >= 0.3 is 0 Å². The molecule has 0 saturated carbocycles. The monoisotopic (exact) mass is 305 g/mol. The van der Waals surface area contributed by atoms with Crippen molar-refractivity contribution in [2.45, 2.75) is 30.8 Å². The van der Waals surface area contributed by atoms with Crippen LogP contribution in [-0.2, 0) is 10.3 Å². The van der Waals surface area contributed by atoms with Gasteiger partial charge in [-0.05, 0) is 18.6 Å². The van der Waals surface area contributed by atoms with Gasteiger partial charge in [0.2, 0.25) is 5.60 Å². The van der Waals surface area contributed by atoms with Crippen molar-refractivity contribution in [3.63, 3.8) is 0 Å². The first kappa shape index (κ1) is 14.7. The van der Waals surface area contributed by atoms with E-state index < -0.39 is 30.5 Å². The highest BCUT2D eigenvalue weighted by atomic mass is 16.6. The smallest absolute Gasteiger partial charge is 0.225 e. The van der Waals surface area contributed by atoms with Gasteiger partial charge in [-0.25, -0.2) is 9.50 Å². The highest BCUT2D eigenvalue weighted by molar-refractivity contribution is 5.71. The fraction of sp³-hybridized carbons (Fsp3) is 0.462. The number of fused-ring (bicyclic) bond motifs is 1. The maximum Gasteiger partial charge on any atom is 0.225 e. The van der Waals surface area contributed by atoms with E-state index in [9.17, 15) is 20.6 Å². The number of nitrogens with zero attached hydrogens (tertiary/aromatic N) is 4. The number of nitriles is 1. The number of aliphatic hydroxyl groups is 3. The predicted molar refractivity (Wildman–Crippen MR) is 73.4 cm³/mol. The molecule has 0 aliphatic carbocycles. The number of rotatable bonds is 2. The largest absolute Gasteiger partial charge is 0.394 e. The topological polar surface area (TPSA) is 150 Å². The molecule has 0 spiro atoms. The molecule has 4 atom stereocenters. The van der Waals surface area contributed by atoms with E-state index in [1.165, 1.54) is 10.8 Å². The molecule has 22 heavy (non-hydrogen) atoms. The molecule has 3 rings (SSSR count). The summed E-state index contributed by atoms with van der Waals surface area (Å²) in [5.41, 5.74) is 5.37. The molecular formula is C13H15N5O4. The van der Waals surface area contributed by atoms with Crippen LogP contribution < -0.4 is 5.73 Å². The Balaban J connectivity index is 2.26. The molecule has 1 fully saturated rings. The van der Waals surface area contributed by atoms with E-state index in [2.05, 4.69) is 10.1 Å². The van der Waals surface area contributed by atoms with Gasteiger partial charge in [0.15, 0.2) is 5.82 Å². The van der Waals surface area contributed by atoms with Crippen molar-refractivity contribution in [2.75, 3.05) is 12.3 Å². The van der Waals surface area contributed by atoms with Crippen molar-refractivity contribution >= 4 is 11.3 Å². The van der Waals surface area contributed by atoms with E-state index in [-0.39, 0.29) is 11.5 Å². The molecular weight excluding hydrogens is 290 g/mol. The maximum absolute atomic E-state index is 10.3. The Morgan fingerprint density at radius 1 is 1.55 bits per heavy atom. The minimum atomic E-state index is -1.86. The van der Waals surface area contributed by atoms with Crippen molar-refractivity contribution < 1.29 is 20.1 Å². The first-order valence-electron chi connectivity index (χ1n) is 6.61. The van der Waals surface area contributed by atoms with E-state index in [1.54, 1.807) is 13.0 Å². The lowest BCUT2D eigenvalue weighted by Gasteiger charge is -2.24. The number of aromatic nitrogens is 3. The molecule has 0 bridgehead atoms. The lowest BCUT2D eigenvalue weighted by Crippen LogP contribution is -2.40. The third-order valence-electron chi connectivity index (χ3n) is 3.96. The Morgan fingerprint density at radius 3 is 2.86 bits per heavy atom. The van der Waals surface area contributed by atoms with Crippen molar-refractivity contribution in [3.05, 3.63) is 23.7 Å². The van der Waals surface area contributed by atoms with Crippen LogP contribution in [-0.4, -0.2) is 54.8 Å². The maximum atomic E-state index is 10.3. The van der Waals surface area contributed by atoms with Gasteiger partial charge in [-0.2, -0.15) is 10.4 Å². The average Bonchev–Trinajstić information content (AvgIpc) is 2.98. The molecule has 9 nitrogen and oxygen atoms in total. The Bertz CT molecular complexity index is 770. The number of ether oxygens (including phenoxy) is 1. The number of anilines is 1. The second-order valence-electron chi connectivity index (χ2n) is 5.24. The molecule has 1 saturated heterocycles. The molecule has 5 N–H and O–H groups in total. The van der Waals surface area contributed by atoms with Gasteiger partial charge in [0.05, 0.1) is 12.3 Å². The molecule has 1 aliphatic heterocycles. The predicted octanol–water partition coefficient (Wildman–Crippen LogP) is -1.55. The molecule has 0 amide bonds. The van der Waals surface area contributed by atoms with Crippen molar-refractivity contribution in [1.82, 2.24) is 14.6 Å². The normalized spacial score (nSPS) is 31.5. The van der Waals surface area contributed by atoms with Gasteiger partial charge in [0.25, 0.3) is 0 Å². The van der Waals surface area contributed by atoms with Crippen LogP contribution >= 0.6 is 0 Å². The fourth-order valence-corrected chi connectivity index (χ4v) is 2.85. The Hall–Kier alpha value is -2.25. The summed E-state index contributed by atoms with van der Waals surface area (Å²) in [7, 11) is 0. The Morgan fingerprint density at radius 2 is 2.27 bits per heavy atom. The zero-order valence-corrected chi connectivity index (χ0v) is 11.7. The summed E-state index contributed by atoms with van der Waals surface area (Å²) in [6.07, 6.45) is -2.78. The van der Waals surface area contributed by atoms with Crippen LogP contribution in [0, 0.1) is 18.3 Å². The van der Waals surface area contributed by atoms with Crippen molar-refractivity contribution in [1.29, 1.82) is 5.26 Å². The van der Waals surface area contributed by atoms with Gasteiger partial charge in [0, 0.05) is 0 Å². The third-order valence-corrected chi connectivity index (χ3v) is 3.96. The summed E-state index contributed by atoms with van der Waals surface area (Å²) in [6.45, 7) is 1.23. The van der Waals surface area contributed by atoms with E-state index in [1.807, 2.05) is 6.07 Å². The summed E-state index contributed by atoms with van der Waals surface area (Å²) in [5.74, 6) is 0.221. The van der Waals surface area contributed by atoms with Crippen LogP contribution in [0.3, 0.4) is 0 Å². The minimum Gasteiger partial charge on any atom is -0.394 e. The Kier molecular flexibility index (Phi) is 3.26. The summed E-state index contributed by atoms with van der Waals surface area (Å²) in [6, 6.07) is 3.49. The molecule has 1 aliphatic rings. The molecule has 0 unspecified atom stereocenters. The van der Waals surface area contributed by atoms with Crippen molar-refractivity contribution in [2.24, 2.45) is 0 Å². The lowest BCUT2D eigenvalue weighted by molar-refractivity contribution is -0.0643. The van der Waals surface area contributed by atoms with Gasteiger partial charge < -0.3 is 25.8 Å². The van der Waals surface area contributed by atoms with Crippen LogP contribution in [0.4, 0.5) is 5.82 Å². The molecule has 9 heteroatoms. The number of hydrogen-bond donors (Lipinski definition) is 4. The number of aliphatic hydroxyl groups excluding tert-OH is 3. The molecule has 3 heterocycles. The SMILES string of the molecule is Cc1cc([C@]2(C#N)O[C@H](CO)[C@@H](O)[C@H]2O)n2ncnc(N)c12. The summed E-state index contributed by atoms with van der Waals surface area (Å²) >= 11 is 0. The molecule has 116 valence electrons. The second kappa shape index (κ2) is 4.89. The van der Waals surface area contributed by atoms with Crippen molar-refractivity contribution in [3.8, 4) is 6.07 Å². The number of aryl methyl sites for hydroxylation is 1. The first-order valence-corrected chi connectivity index (χ1v) is 6.61. The van der Waals surface area contributed by atoms with E-state index in [0.29, 0.717) is 11.1 Å². The molecule has 0 radical (unpaired) electrons. The van der Waals surface area contributed by atoms with Gasteiger partial charge in [-0.3, -0.25) is 0 Å². The average molecular weight is 305 g/mol. The number of nitrogens with two attached hydrogens (primary N) is 1. The summed E-state index contributed by atoms with van der Waals surface area (Å²) in [5, 5.41) is 43.1. The van der Waals surface area contributed by atoms with Gasteiger partial charge in [-0.1, -0.05) is 0 Å². The second-order valence-corrected chi connectivity index (χ2v) is 5.24. The minimum absolute atomic E-state index is 0.221. The Labute approximate surface area is 125 Å². The number of nitrogen functional groups attached to an aromatic ring is 1. The van der Waals surface area contributed by atoms with E-state index in [4.69, 9.17) is 10.5 Å².